The normalized spacial score (nSPS) is 11.9. The largest absolute Gasteiger partial charge is 0.436 e. The van der Waals surface area contributed by atoms with Crippen LogP contribution in [0.25, 0.3) is 99.4 Å². The van der Waals surface area contributed by atoms with Gasteiger partial charge in [0.25, 0.3) is 0 Å². The first-order valence-corrected chi connectivity index (χ1v) is 17.1. The Kier molecular flexibility index (Phi) is 5.89. The van der Waals surface area contributed by atoms with Crippen molar-refractivity contribution in [2.75, 3.05) is 0 Å². The summed E-state index contributed by atoms with van der Waals surface area (Å²) in [5.74, 6) is 0. The molecule has 238 valence electrons. The molecule has 5 heteroatoms. The van der Waals surface area contributed by atoms with Gasteiger partial charge in [-0.15, -0.1) is 0 Å². The van der Waals surface area contributed by atoms with Gasteiger partial charge in [-0.3, -0.25) is 4.98 Å². The van der Waals surface area contributed by atoms with Crippen LogP contribution in [0.1, 0.15) is 0 Å². The molecule has 0 amide bonds. The smallest absolute Gasteiger partial charge is 0.228 e. The van der Waals surface area contributed by atoms with Crippen molar-refractivity contribution >= 4 is 65.8 Å². The van der Waals surface area contributed by atoms with Crippen molar-refractivity contribution in [3.63, 3.8) is 0 Å². The molecule has 0 radical (unpaired) electrons. The minimum Gasteiger partial charge on any atom is -0.436 e. The molecule has 0 aliphatic rings. The van der Waals surface area contributed by atoms with E-state index in [-0.39, 0.29) is 0 Å². The van der Waals surface area contributed by atoms with Gasteiger partial charge in [0.05, 0.1) is 27.5 Å². The summed E-state index contributed by atoms with van der Waals surface area (Å²) < 4.78 is 11.0. The van der Waals surface area contributed by atoms with Gasteiger partial charge in [-0.05, 0) is 83.9 Å². The number of para-hydroxylation sites is 4. The number of benzene rings is 6. The van der Waals surface area contributed by atoms with Gasteiger partial charge in [-0.2, -0.15) is 0 Å². The average Bonchev–Trinajstić information content (AvgIpc) is 3.85. The van der Waals surface area contributed by atoms with Gasteiger partial charge >= 0.3 is 0 Å². The molecular weight excluding hydrogens is 625 g/mol. The molecule has 11 rings (SSSR count). The quantitative estimate of drug-likeness (QED) is 0.190. The van der Waals surface area contributed by atoms with Crippen molar-refractivity contribution in [2.24, 2.45) is 0 Å². The molecule has 51 heavy (non-hydrogen) atoms. The number of pyridine rings is 2. The summed E-state index contributed by atoms with van der Waals surface area (Å²) in [6.45, 7) is 0. The lowest BCUT2D eigenvalue weighted by Crippen LogP contribution is -1.92. The summed E-state index contributed by atoms with van der Waals surface area (Å²) in [7, 11) is 0. The van der Waals surface area contributed by atoms with Crippen LogP contribution in [0.5, 0.6) is 0 Å². The van der Waals surface area contributed by atoms with E-state index in [4.69, 9.17) is 14.4 Å². The van der Waals surface area contributed by atoms with Crippen molar-refractivity contribution in [1.82, 2.24) is 19.1 Å². The van der Waals surface area contributed by atoms with E-state index in [2.05, 4.69) is 167 Å². The maximum atomic E-state index is 6.32. The van der Waals surface area contributed by atoms with Crippen molar-refractivity contribution < 1.29 is 4.42 Å². The van der Waals surface area contributed by atoms with E-state index >= 15 is 0 Å². The number of hydrogen-bond donors (Lipinski definition) is 0. The van der Waals surface area contributed by atoms with Crippen molar-refractivity contribution in [3.8, 4) is 33.6 Å². The molecule has 0 bridgehead atoms. The van der Waals surface area contributed by atoms with Crippen LogP contribution in [0.4, 0.5) is 0 Å². The van der Waals surface area contributed by atoms with Gasteiger partial charge in [0.2, 0.25) is 5.71 Å². The Bertz CT molecular complexity index is 3130. The van der Waals surface area contributed by atoms with Crippen molar-refractivity contribution in [3.05, 3.63) is 170 Å². The molecule has 0 spiro atoms. The van der Waals surface area contributed by atoms with E-state index in [0.29, 0.717) is 5.71 Å². The number of fused-ring (bicyclic) bond motifs is 9. The molecule has 0 aliphatic carbocycles. The summed E-state index contributed by atoms with van der Waals surface area (Å²) in [5, 5.41) is 5.75. The molecule has 0 N–H and O–H groups in total. The summed E-state index contributed by atoms with van der Waals surface area (Å²) in [6.07, 6.45) is 3.85. The van der Waals surface area contributed by atoms with E-state index < -0.39 is 0 Å². The van der Waals surface area contributed by atoms with Crippen LogP contribution in [0.3, 0.4) is 0 Å². The monoisotopic (exact) mass is 652 g/mol. The topological polar surface area (TPSA) is 48.8 Å². The van der Waals surface area contributed by atoms with E-state index in [0.717, 1.165) is 50.1 Å². The average molecular weight is 653 g/mol. The van der Waals surface area contributed by atoms with Gasteiger partial charge < -0.3 is 13.6 Å². The third-order valence-electron chi connectivity index (χ3n) is 10.2. The highest BCUT2D eigenvalue weighted by atomic mass is 16.3. The zero-order valence-corrected chi connectivity index (χ0v) is 27.4. The lowest BCUT2D eigenvalue weighted by atomic mass is 10.0. The number of nitrogens with zero attached hydrogens (tertiary/aromatic N) is 4. The van der Waals surface area contributed by atoms with Gasteiger partial charge in [-0.1, -0.05) is 84.9 Å². The standard InChI is InChI=1S/C46H28N4O/c1-3-11-33(12-4-1)49-40-17-9-7-15-35(40)37-23-29(19-21-42(37)49)31-25-39-45-44(51-46(39)48-28-31)26-32(27-47-45)30-20-22-43-38(24-30)36-16-8-10-18-41(36)50(43)34-13-5-2-6-14-34/h1-28H. The second-order valence-electron chi connectivity index (χ2n) is 13.1. The van der Waals surface area contributed by atoms with E-state index in [1.165, 1.54) is 43.6 Å². The highest BCUT2D eigenvalue weighted by Gasteiger charge is 2.17. The SMILES string of the molecule is c1ccc(-n2c3ccccc3c3cc(-c4cnc5c(c4)oc4ncc(-c6ccc7c(c6)c6ccccc6n7-c6ccccc6)cc45)ccc32)cc1. The van der Waals surface area contributed by atoms with E-state index in [1.54, 1.807) is 0 Å². The summed E-state index contributed by atoms with van der Waals surface area (Å²) in [5.41, 5.74) is 13.3. The van der Waals surface area contributed by atoms with Gasteiger partial charge in [0.1, 0.15) is 5.52 Å². The summed E-state index contributed by atoms with van der Waals surface area (Å²) >= 11 is 0. The third kappa shape index (κ3) is 4.22. The number of rotatable bonds is 4. The minimum atomic E-state index is 0.585. The minimum absolute atomic E-state index is 0.585. The molecule has 5 heterocycles. The van der Waals surface area contributed by atoms with Crippen molar-refractivity contribution in [1.29, 1.82) is 0 Å². The summed E-state index contributed by atoms with van der Waals surface area (Å²) in [6, 6.07) is 55.8. The third-order valence-corrected chi connectivity index (χ3v) is 10.2. The molecule has 0 unspecified atom stereocenters. The summed E-state index contributed by atoms with van der Waals surface area (Å²) in [4.78, 5) is 9.75. The Labute approximate surface area is 292 Å². The number of furan rings is 1. The van der Waals surface area contributed by atoms with Crippen LogP contribution in [-0.2, 0) is 0 Å². The van der Waals surface area contributed by atoms with E-state index in [9.17, 15) is 0 Å². The predicted molar refractivity (Wildman–Crippen MR) is 209 cm³/mol. The molecule has 5 nitrogen and oxygen atoms in total. The molecule has 11 aromatic rings. The van der Waals surface area contributed by atoms with Gasteiger partial charge in [-0.25, -0.2) is 4.98 Å². The molecule has 0 saturated carbocycles. The Morgan fingerprint density at radius 1 is 0.373 bits per heavy atom. The second-order valence-corrected chi connectivity index (χ2v) is 13.1. The van der Waals surface area contributed by atoms with E-state index in [1.807, 2.05) is 12.4 Å². The van der Waals surface area contributed by atoms with Crippen LogP contribution < -0.4 is 0 Å². The van der Waals surface area contributed by atoms with Gasteiger partial charge in [0, 0.05) is 56.4 Å². The molecule has 0 fully saturated rings. The van der Waals surface area contributed by atoms with Crippen LogP contribution >= 0.6 is 0 Å². The van der Waals surface area contributed by atoms with Crippen LogP contribution in [-0.4, -0.2) is 19.1 Å². The molecule has 0 saturated heterocycles. The highest BCUT2D eigenvalue weighted by Crippen LogP contribution is 2.38. The fourth-order valence-corrected chi connectivity index (χ4v) is 7.86. The highest BCUT2D eigenvalue weighted by molar-refractivity contribution is 6.12. The Balaban J connectivity index is 1.01. The lowest BCUT2D eigenvalue weighted by molar-refractivity contribution is 0.653. The molecule has 0 aliphatic heterocycles. The van der Waals surface area contributed by atoms with Crippen LogP contribution in [0, 0.1) is 0 Å². The first-order chi connectivity index (χ1) is 25.3. The van der Waals surface area contributed by atoms with Crippen LogP contribution in [0.15, 0.2) is 175 Å². The molecule has 0 atom stereocenters. The molecule has 5 aromatic heterocycles. The maximum Gasteiger partial charge on any atom is 0.228 e. The van der Waals surface area contributed by atoms with Crippen LogP contribution in [0.2, 0.25) is 0 Å². The Hall–Kier alpha value is -6.98. The Morgan fingerprint density at radius 2 is 0.843 bits per heavy atom. The van der Waals surface area contributed by atoms with Gasteiger partial charge in [0.15, 0.2) is 5.58 Å². The maximum absolute atomic E-state index is 6.32. The molecule has 6 aromatic carbocycles. The fourth-order valence-electron chi connectivity index (χ4n) is 7.86. The molecular formula is C46H28N4O. The first-order valence-electron chi connectivity index (χ1n) is 17.1. The first kappa shape index (κ1) is 27.9. The van der Waals surface area contributed by atoms with Crippen molar-refractivity contribution in [2.45, 2.75) is 0 Å². The zero-order valence-electron chi connectivity index (χ0n) is 27.4. The second kappa shape index (κ2) is 10.8. The predicted octanol–water partition coefficient (Wildman–Crippen LogP) is 11.9. The zero-order chi connectivity index (χ0) is 33.5. The number of aromatic nitrogens is 4. The number of hydrogen-bond acceptors (Lipinski definition) is 3. The lowest BCUT2D eigenvalue weighted by Gasteiger charge is -2.08. The Morgan fingerprint density at radius 3 is 1.43 bits per heavy atom. The fraction of sp³-hybridized carbons (Fsp3) is 0.